The van der Waals surface area contributed by atoms with Crippen LogP contribution in [0, 0.1) is 10.1 Å². The fourth-order valence-corrected chi connectivity index (χ4v) is 0.574. The van der Waals surface area contributed by atoms with E-state index in [-0.39, 0.29) is 52.0 Å². The monoisotopic (exact) mass is 181 g/mol. The van der Waals surface area contributed by atoms with Crippen LogP contribution in [0.2, 0.25) is 0 Å². The van der Waals surface area contributed by atoms with Crippen molar-refractivity contribution in [3.8, 4) is 5.75 Å². The van der Waals surface area contributed by atoms with Crippen LogP contribution >= 0.6 is 0 Å². The zero-order valence-corrected chi connectivity index (χ0v) is 7.94. The van der Waals surface area contributed by atoms with Gasteiger partial charge in [-0.3, -0.25) is 10.1 Å². The maximum Gasteiger partial charge on any atom is 2.00 e. The van der Waals surface area contributed by atoms with E-state index in [1.165, 1.54) is 24.3 Å². The van der Waals surface area contributed by atoms with Crippen molar-refractivity contribution in [2.24, 2.45) is 0 Å². The van der Waals surface area contributed by atoms with Crippen molar-refractivity contribution in [1.29, 1.82) is 0 Å². The van der Waals surface area contributed by atoms with Gasteiger partial charge in [0.2, 0.25) is 0 Å². The van der Waals surface area contributed by atoms with Crippen molar-refractivity contribution < 1.29 is 12.9 Å². The third kappa shape index (κ3) is 3.05. The van der Waals surface area contributed by atoms with Crippen LogP contribution in [0.3, 0.4) is 0 Å². The summed E-state index contributed by atoms with van der Waals surface area (Å²) in [6.07, 6.45) is 0. The first-order valence-electron chi connectivity index (χ1n) is 2.63. The molecule has 0 unspecified atom stereocenters. The van der Waals surface area contributed by atoms with Gasteiger partial charge in [-0.2, -0.15) is 0 Å². The minimum Gasteiger partial charge on any atom is -1.00 e. The Morgan fingerprint density at radius 3 is 2.18 bits per heavy atom. The Labute approximate surface area is 96.0 Å². The number of hydrogen-bond acceptors (Lipinski definition) is 3. The summed E-state index contributed by atoms with van der Waals surface area (Å²) in [6, 6.07) is 5.04. The van der Waals surface area contributed by atoms with Crippen molar-refractivity contribution in [2.75, 3.05) is 0 Å². The van der Waals surface area contributed by atoms with Gasteiger partial charge >= 0.3 is 37.7 Å². The van der Waals surface area contributed by atoms with Crippen LogP contribution in [-0.2, 0) is 0 Å². The number of phenols is 1. The van der Waals surface area contributed by atoms with Crippen LogP contribution in [0.5, 0.6) is 5.75 Å². The Balaban J connectivity index is -0.000000333. The molecule has 0 atom stereocenters. The molecule has 0 bridgehead atoms. The zero-order valence-electron chi connectivity index (χ0n) is 7.73. The van der Waals surface area contributed by atoms with Crippen molar-refractivity contribution in [3.63, 3.8) is 0 Å². The minimum absolute atomic E-state index is 0. The number of rotatable bonds is 1. The Bertz CT molecular complexity index is 255. The molecule has 1 aromatic carbocycles. The predicted molar refractivity (Wildman–Crippen MR) is 42.7 cm³/mol. The summed E-state index contributed by atoms with van der Waals surface area (Å²) in [5, 5.41) is 18.8. The Hall–Kier alpha value is -0.320. The van der Waals surface area contributed by atoms with Crippen molar-refractivity contribution in [1.82, 2.24) is 0 Å². The molecule has 0 spiro atoms. The Morgan fingerprint density at radius 1 is 1.36 bits per heavy atom. The van der Waals surface area contributed by atoms with E-state index < -0.39 is 4.92 Å². The third-order valence-corrected chi connectivity index (χ3v) is 1.06. The molecule has 0 fully saturated rings. The van der Waals surface area contributed by atoms with Crippen LogP contribution in [0.15, 0.2) is 24.3 Å². The number of non-ortho nitro benzene ring substituents is 1. The topological polar surface area (TPSA) is 63.4 Å². The molecule has 0 saturated carbocycles. The van der Waals surface area contributed by atoms with E-state index in [2.05, 4.69) is 0 Å². The molecule has 56 valence electrons. The molecule has 4 nitrogen and oxygen atoms in total. The SMILES string of the molecule is O=[N+]([O-])c1ccc(O)cc1.[Ca+2].[H-].[H-]. The van der Waals surface area contributed by atoms with E-state index in [1.807, 2.05) is 0 Å². The van der Waals surface area contributed by atoms with Gasteiger partial charge in [0.05, 0.1) is 4.92 Å². The van der Waals surface area contributed by atoms with Gasteiger partial charge in [0.1, 0.15) is 5.75 Å². The molecule has 0 heterocycles. The van der Waals surface area contributed by atoms with Crippen molar-refractivity contribution >= 4 is 43.4 Å². The quantitative estimate of drug-likeness (QED) is 0.401. The second kappa shape index (κ2) is 4.54. The van der Waals surface area contributed by atoms with Gasteiger partial charge in [0.25, 0.3) is 5.69 Å². The van der Waals surface area contributed by atoms with Gasteiger partial charge in [0.15, 0.2) is 0 Å². The maximum absolute atomic E-state index is 10.0. The van der Waals surface area contributed by atoms with E-state index in [4.69, 9.17) is 5.11 Å². The molecule has 0 aliphatic carbocycles. The standard InChI is InChI=1S/C6H5NO3.Ca.2H/c8-6-3-1-5(2-4-6)7(9)10;;;/h1-4,8H;;;/q;+2;2*-1. The smallest absolute Gasteiger partial charge is 1.00 e. The number of aromatic hydroxyl groups is 1. The van der Waals surface area contributed by atoms with Crippen LogP contribution in [0.1, 0.15) is 2.85 Å². The van der Waals surface area contributed by atoms with E-state index >= 15 is 0 Å². The van der Waals surface area contributed by atoms with Gasteiger partial charge < -0.3 is 7.96 Å². The molecule has 1 N–H and O–H groups in total. The molecule has 5 heteroatoms. The first kappa shape index (κ1) is 10.7. The minimum atomic E-state index is -0.514. The van der Waals surface area contributed by atoms with Gasteiger partial charge in [-0.25, -0.2) is 0 Å². The largest absolute Gasteiger partial charge is 2.00 e. The summed E-state index contributed by atoms with van der Waals surface area (Å²) in [5.74, 6) is 0.0330. The fraction of sp³-hybridized carbons (Fsp3) is 0. The van der Waals surface area contributed by atoms with Gasteiger partial charge in [-0.15, -0.1) is 0 Å². The summed E-state index contributed by atoms with van der Waals surface area (Å²) in [4.78, 5) is 9.52. The van der Waals surface area contributed by atoms with E-state index in [1.54, 1.807) is 0 Å². The molecule has 11 heavy (non-hydrogen) atoms. The molecule has 0 aliphatic rings. The molecule has 0 saturated heterocycles. The number of benzene rings is 1. The average molecular weight is 181 g/mol. The number of hydrogen-bond donors (Lipinski definition) is 1. The second-order valence-electron chi connectivity index (χ2n) is 1.77. The van der Waals surface area contributed by atoms with Crippen LogP contribution in [-0.4, -0.2) is 47.8 Å². The van der Waals surface area contributed by atoms with E-state index in [0.717, 1.165) is 0 Å². The molecule has 0 aliphatic heterocycles. The zero-order chi connectivity index (χ0) is 7.56. The summed E-state index contributed by atoms with van der Waals surface area (Å²) in [7, 11) is 0. The molecule has 1 aromatic rings. The van der Waals surface area contributed by atoms with E-state index in [9.17, 15) is 10.1 Å². The number of nitrogens with zero attached hydrogens (tertiary/aromatic N) is 1. The van der Waals surface area contributed by atoms with Crippen LogP contribution in [0.4, 0.5) is 5.69 Å². The normalized spacial score (nSPS) is 8.36. The summed E-state index contributed by atoms with van der Waals surface area (Å²) in [5.41, 5.74) is -0.0159. The maximum atomic E-state index is 10.0. The van der Waals surface area contributed by atoms with Gasteiger partial charge in [0, 0.05) is 12.1 Å². The number of nitro benzene ring substituents is 1. The average Bonchev–Trinajstić information content (AvgIpc) is 1.88. The van der Waals surface area contributed by atoms with Crippen LogP contribution in [0.25, 0.3) is 0 Å². The first-order valence-corrected chi connectivity index (χ1v) is 2.63. The number of nitro groups is 1. The molecule has 1 rings (SSSR count). The third-order valence-electron chi connectivity index (χ3n) is 1.06. The van der Waals surface area contributed by atoms with Crippen molar-refractivity contribution in [3.05, 3.63) is 34.4 Å². The summed E-state index contributed by atoms with van der Waals surface area (Å²) in [6.45, 7) is 0. The molecule has 0 aromatic heterocycles. The molecule has 0 amide bonds. The molecular formula is C6H7CaNO3. The predicted octanol–water partition coefficient (Wildman–Crippen LogP) is 1.14. The Morgan fingerprint density at radius 2 is 1.82 bits per heavy atom. The summed E-state index contributed by atoms with van der Waals surface area (Å²) >= 11 is 0. The van der Waals surface area contributed by atoms with Gasteiger partial charge in [-0.05, 0) is 12.1 Å². The second-order valence-corrected chi connectivity index (χ2v) is 1.77. The Kier molecular flexibility index (Phi) is 4.40. The fourth-order valence-electron chi connectivity index (χ4n) is 0.574. The van der Waals surface area contributed by atoms with E-state index in [0.29, 0.717) is 0 Å². The van der Waals surface area contributed by atoms with Gasteiger partial charge in [-0.1, -0.05) is 0 Å². The van der Waals surface area contributed by atoms with Crippen LogP contribution < -0.4 is 0 Å². The first-order chi connectivity index (χ1) is 4.70. The molecular weight excluding hydrogens is 174 g/mol. The number of phenolic OH excluding ortho intramolecular Hbond substituents is 1. The molecule has 0 radical (unpaired) electrons. The van der Waals surface area contributed by atoms with Crippen molar-refractivity contribution in [2.45, 2.75) is 0 Å². The summed E-state index contributed by atoms with van der Waals surface area (Å²) < 4.78 is 0.